The number of aromatic nitrogens is 1. The summed E-state index contributed by atoms with van der Waals surface area (Å²) < 4.78 is 13.9. The molecule has 218 valence electrons. The minimum absolute atomic E-state index is 0.159. The molecule has 43 heavy (non-hydrogen) atoms. The Balaban J connectivity index is 1.64. The van der Waals surface area contributed by atoms with Crippen molar-refractivity contribution >= 4 is 23.3 Å². The van der Waals surface area contributed by atoms with Crippen molar-refractivity contribution in [3.05, 3.63) is 126 Å². The number of para-hydroxylation sites is 2. The maximum absolute atomic E-state index is 14.2. The number of likely N-dealkylation sites (N-methyl/N-ethyl adjacent to an activating group) is 1. The molecule has 8 nitrogen and oxygen atoms in total. The number of ether oxygens (including phenoxy) is 2. The molecular formula is C34H32N4O4S. The molecule has 1 atom stereocenters. The van der Waals surface area contributed by atoms with Crippen molar-refractivity contribution in [3.63, 3.8) is 0 Å². The van der Waals surface area contributed by atoms with Gasteiger partial charge in [-0.3, -0.25) is 14.2 Å². The molecular weight excluding hydrogens is 560 g/mol. The molecule has 1 aliphatic rings. The van der Waals surface area contributed by atoms with Crippen LogP contribution < -0.4 is 24.4 Å². The Morgan fingerprint density at radius 2 is 1.72 bits per heavy atom. The highest BCUT2D eigenvalue weighted by molar-refractivity contribution is 7.07. The largest absolute Gasteiger partial charge is 0.496 e. The van der Waals surface area contributed by atoms with E-state index in [0.717, 1.165) is 5.56 Å². The number of amides is 1. The summed E-state index contributed by atoms with van der Waals surface area (Å²) in [5.74, 6) is 1.00. The van der Waals surface area contributed by atoms with Gasteiger partial charge in [-0.2, -0.15) is 5.26 Å². The van der Waals surface area contributed by atoms with Gasteiger partial charge >= 0.3 is 0 Å². The van der Waals surface area contributed by atoms with E-state index in [-0.39, 0.29) is 18.1 Å². The fourth-order valence-electron chi connectivity index (χ4n) is 5.25. The Kier molecular flexibility index (Phi) is 8.88. The number of carbonyl (C=O) groups excluding carboxylic acids is 1. The van der Waals surface area contributed by atoms with Crippen LogP contribution in [0.2, 0.25) is 0 Å². The molecule has 3 aromatic carbocycles. The van der Waals surface area contributed by atoms with E-state index in [0.29, 0.717) is 61.9 Å². The lowest BCUT2D eigenvalue weighted by molar-refractivity contribution is -0.127. The van der Waals surface area contributed by atoms with Gasteiger partial charge in [0.15, 0.2) is 4.80 Å². The number of fused-ring (bicyclic) bond motifs is 1. The van der Waals surface area contributed by atoms with Crippen molar-refractivity contribution in [2.24, 2.45) is 4.99 Å². The minimum atomic E-state index is -0.711. The Morgan fingerprint density at radius 1 is 1.05 bits per heavy atom. The second-order valence-corrected chi connectivity index (χ2v) is 10.9. The fraction of sp³-hybridized carbons (Fsp3) is 0.235. The number of methoxy groups -OCH3 is 1. The summed E-state index contributed by atoms with van der Waals surface area (Å²) in [6.45, 7) is 6.96. The average molecular weight is 593 g/mol. The molecule has 0 bridgehead atoms. The second kappa shape index (κ2) is 12.9. The number of allylic oxidation sites excluding steroid dienone is 1. The first-order chi connectivity index (χ1) is 20.9. The van der Waals surface area contributed by atoms with Gasteiger partial charge in [-0.25, -0.2) is 4.99 Å². The maximum Gasteiger partial charge on any atom is 0.271 e. The molecule has 0 spiro atoms. The summed E-state index contributed by atoms with van der Waals surface area (Å²) in [5.41, 5.74) is 3.51. The molecule has 0 radical (unpaired) electrons. The molecule has 0 N–H and O–H groups in total. The summed E-state index contributed by atoms with van der Waals surface area (Å²) in [6.07, 6.45) is 1.79. The normalized spacial score (nSPS) is 14.5. The van der Waals surface area contributed by atoms with Crippen LogP contribution in [0.5, 0.6) is 11.5 Å². The van der Waals surface area contributed by atoms with Crippen LogP contribution in [0.15, 0.2) is 93.9 Å². The Labute approximate surface area is 254 Å². The molecule has 9 heteroatoms. The van der Waals surface area contributed by atoms with Crippen LogP contribution in [-0.4, -0.2) is 35.6 Å². The third-order valence-electron chi connectivity index (χ3n) is 7.46. The molecule has 0 aliphatic carbocycles. The zero-order valence-electron chi connectivity index (χ0n) is 24.5. The van der Waals surface area contributed by atoms with Gasteiger partial charge in [-0.15, -0.1) is 0 Å². The smallest absolute Gasteiger partial charge is 0.271 e. The molecule has 4 aromatic rings. The molecule has 2 heterocycles. The number of hydrogen-bond acceptors (Lipinski definition) is 7. The Morgan fingerprint density at radius 3 is 2.44 bits per heavy atom. The third-order valence-corrected chi connectivity index (χ3v) is 8.45. The SMILES string of the molecule is CCN(CC)C(=O)C1=C(C)N=c2s/c(=C/c3ccccc3OCc3ccccc3C#N)c(=O)n2[C@@H]1c1ccccc1OC. The van der Waals surface area contributed by atoms with Crippen molar-refractivity contribution in [2.75, 3.05) is 20.2 Å². The molecule has 1 aromatic heterocycles. The van der Waals surface area contributed by atoms with E-state index in [2.05, 4.69) is 6.07 Å². The van der Waals surface area contributed by atoms with E-state index in [9.17, 15) is 14.9 Å². The van der Waals surface area contributed by atoms with Crippen molar-refractivity contribution in [3.8, 4) is 17.6 Å². The summed E-state index contributed by atoms with van der Waals surface area (Å²) in [4.78, 5) is 35.0. The van der Waals surface area contributed by atoms with Crippen molar-refractivity contribution in [2.45, 2.75) is 33.4 Å². The molecule has 1 aliphatic heterocycles. The summed E-state index contributed by atoms with van der Waals surface area (Å²) >= 11 is 1.27. The van der Waals surface area contributed by atoms with E-state index in [4.69, 9.17) is 14.5 Å². The second-order valence-electron chi connectivity index (χ2n) is 9.90. The third kappa shape index (κ3) is 5.74. The monoisotopic (exact) mass is 592 g/mol. The van der Waals surface area contributed by atoms with Crippen LogP contribution in [0.1, 0.15) is 49.1 Å². The van der Waals surface area contributed by atoms with Crippen LogP contribution in [0.3, 0.4) is 0 Å². The topological polar surface area (TPSA) is 96.9 Å². The van der Waals surface area contributed by atoms with Gasteiger partial charge in [0.05, 0.1) is 34.5 Å². The highest BCUT2D eigenvalue weighted by atomic mass is 32.1. The zero-order valence-corrected chi connectivity index (χ0v) is 25.4. The predicted octanol–water partition coefficient (Wildman–Crippen LogP) is 4.56. The lowest BCUT2D eigenvalue weighted by Crippen LogP contribution is -2.43. The number of benzene rings is 3. The van der Waals surface area contributed by atoms with Gasteiger partial charge in [0.2, 0.25) is 0 Å². The summed E-state index contributed by atoms with van der Waals surface area (Å²) in [6, 6.07) is 23.7. The van der Waals surface area contributed by atoms with Gasteiger partial charge in [0.25, 0.3) is 11.5 Å². The van der Waals surface area contributed by atoms with E-state index in [1.165, 1.54) is 11.3 Å². The lowest BCUT2D eigenvalue weighted by Gasteiger charge is -2.29. The molecule has 0 saturated carbocycles. The van der Waals surface area contributed by atoms with E-state index in [1.807, 2.05) is 87.5 Å². The first-order valence-electron chi connectivity index (χ1n) is 14.1. The van der Waals surface area contributed by atoms with Gasteiger partial charge in [-0.05, 0) is 45.0 Å². The Bertz CT molecular complexity index is 1930. The van der Waals surface area contributed by atoms with Crippen LogP contribution in [0, 0.1) is 11.3 Å². The number of thiazole rings is 1. The highest BCUT2D eigenvalue weighted by Gasteiger charge is 2.35. The number of rotatable bonds is 9. The van der Waals surface area contributed by atoms with Gasteiger partial charge in [0, 0.05) is 29.8 Å². The quantitative estimate of drug-likeness (QED) is 0.284. The molecule has 0 unspecified atom stereocenters. The number of nitrogens with zero attached hydrogens (tertiary/aromatic N) is 4. The number of hydrogen-bond donors (Lipinski definition) is 0. The molecule has 0 saturated heterocycles. The number of carbonyl (C=O) groups is 1. The molecule has 1 amide bonds. The van der Waals surface area contributed by atoms with Crippen LogP contribution >= 0.6 is 11.3 Å². The molecule has 0 fully saturated rings. The minimum Gasteiger partial charge on any atom is -0.496 e. The van der Waals surface area contributed by atoms with E-state index >= 15 is 0 Å². The van der Waals surface area contributed by atoms with Gasteiger partial charge in [-0.1, -0.05) is 65.9 Å². The first kappa shape index (κ1) is 29.5. The van der Waals surface area contributed by atoms with Crippen LogP contribution in [0.4, 0.5) is 0 Å². The zero-order chi connectivity index (χ0) is 30.5. The highest BCUT2D eigenvalue weighted by Crippen LogP contribution is 2.36. The summed E-state index contributed by atoms with van der Waals surface area (Å²) in [7, 11) is 1.58. The standard InChI is InChI=1S/C34H32N4O4S/c1-5-37(6-2)33(40)30-22(3)36-34-38(31(30)26-16-10-12-18-28(26)41-4)32(39)29(43-34)19-23-13-9-11-17-27(23)42-21-25-15-8-7-14-24(25)20-35/h7-19,31H,5-6,21H2,1-4H3/b29-19+/t31-/m1/s1. The lowest BCUT2D eigenvalue weighted by atomic mass is 9.94. The average Bonchev–Trinajstić information content (AvgIpc) is 3.34. The molecule has 5 rings (SSSR count). The predicted molar refractivity (Wildman–Crippen MR) is 167 cm³/mol. The first-order valence-corrected chi connectivity index (χ1v) is 14.9. The van der Waals surface area contributed by atoms with Gasteiger partial charge < -0.3 is 14.4 Å². The fourth-order valence-corrected chi connectivity index (χ4v) is 6.28. The van der Waals surface area contributed by atoms with Crippen molar-refractivity contribution < 1.29 is 14.3 Å². The summed E-state index contributed by atoms with van der Waals surface area (Å²) in [5, 5.41) is 9.45. The van der Waals surface area contributed by atoms with Crippen LogP contribution in [0.25, 0.3) is 6.08 Å². The van der Waals surface area contributed by atoms with Crippen molar-refractivity contribution in [1.29, 1.82) is 5.26 Å². The van der Waals surface area contributed by atoms with E-state index in [1.54, 1.807) is 28.7 Å². The van der Waals surface area contributed by atoms with Crippen LogP contribution in [-0.2, 0) is 11.4 Å². The maximum atomic E-state index is 14.2. The van der Waals surface area contributed by atoms with Crippen molar-refractivity contribution in [1.82, 2.24) is 9.47 Å². The Hall–Kier alpha value is -4.94. The van der Waals surface area contributed by atoms with Gasteiger partial charge in [0.1, 0.15) is 24.1 Å². The van der Waals surface area contributed by atoms with E-state index < -0.39 is 6.04 Å². The number of nitriles is 1.